The fourth-order valence-electron chi connectivity index (χ4n) is 14.4. The SMILES string of the molecule is CCCCCCCCCCCCCCCCCCCCC(=O)O[C@H](COC(=O)CCCCCCCCCCCCCC)COP(=O)(O)OC[C@H](O)COP(=O)(O)OC[C@@H](COC(=O)CCCCCCCCCCCCCCCCCCC(C)C)OC(=O)CCCCCCCCCCCCCCCCCCCCC(C)CC. The van der Waals surface area contributed by atoms with Crippen molar-refractivity contribution in [1.82, 2.24) is 0 Å². The molecule has 0 saturated carbocycles. The number of carbonyl (C=O) groups excluding carboxylic acids is 4. The van der Waals surface area contributed by atoms with Crippen molar-refractivity contribution in [3.63, 3.8) is 0 Å². The highest BCUT2D eigenvalue weighted by molar-refractivity contribution is 7.47. The van der Waals surface area contributed by atoms with E-state index in [9.17, 15) is 43.2 Å². The Morgan fingerprint density at radius 2 is 0.459 bits per heavy atom. The van der Waals surface area contributed by atoms with Crippen LogP contribution in [0.5, 0.6) is 0 Å². The minimum atomic E-state index is -4.97. The number of aliphatic hydroxyl groups excluding tert-OH is 1. The summed E-state index contributed by atoms with van der Waals surface area (Å²) in [5.74, 6) is -0.409. The summed E-state index contributed by atoms with van der Waals surface area (Å²) in [6.07, 6.45) is 77.7. The van der Waals surface area contributed by atoms with E-state index in [4.69, 9.17) is 37.0 Å². The van der Waals surface area contributed by atoms with Gasteiger partial charge in [-0.2, -0.15) is 0 Å². The number of esters is 4. The van der Waals surface area contributed by atoms with E-state index in [2.05, 4.69) is 41.5 Å². The fraction of sp³-hybridized carbons (Fsp3) is 0.957. The number of unbranched alkanes of at least 4 members (excludes halogenated alkanes) is 60. The van der Waals surface area contributed by atoms with Gasteiger partial charge in [0, 0.05) is 25.7 Å². The quantitative estimate of drug-likeness (QED) is 0.0222. The average molecular weight is 1620 g/mol. The Bertz CT molecular complexity index is 2120. The molecule has 0 bridgehead atoms. The average Bonchev–Trinajstić information content (AvgIpc) is 0.899. The number of hydrogen-bond acceptors (Lipinski definition) is 15. The first-order valence-corrected chi connectivity index (χ1v) is 50.5. The van der Waals surface area contributed by atoms with Gasteiger partial charge >= 0.3 is 39.5 Å². The number of rotatable bonds is 91. The molecule has 0 saturated heterocycles. The van der Waals surface area contributed by atoms with Crippen LogP contribution in [0.4, 0.5) is 0 Å². The topological polar surface area (TPSA) is 237 Å². The van der Waals surface area contributed by atoms with Crippen molar-refractivity contribution in [2.24, 2.45) is 11.8 Å². The van der Waals surface area contributed by atoms with Crippen LogP contribution in [0.25, 0.3) is 0 Å². The van der Waals surface area contributed by atoms with Crippen LogP contribution in [-0.4, -0.2) is 96.7 Å². The molecule has 0 aliphatic heterocycles. The Hall–Kier alpha value is -1.94. The summed E-state index contributed by atoms with van der Waals surface area (Å²) < 4.78 is 69.1. The molecule has 0 heterocycles. The molecular weight excluding hydrogens is 1440 g/mol. The number of carbonyl (C=O) groups is 4. The van der Waals surface area contributed by atoms with Crippen LogP contribution in [0.1, 0.15) is 497 Å². The van der Waals surface area contributed by atoms with Gasteiger partial charge in [0.1, 0.15) is 19.3 Å². The highest BCUT2D eigenvalue weighted by Gasteiger charge is 2.31. The smallest absolute Gasteiger partial charge is 0.462 e. The zero-order chi connectivity index (χ0) is 81.3. The summed E-state index contributed by atoms with van der Waals surface area (Å²) in [4.78, 5) is 73.5. The van der Waals surface area contributed by atoms with Crippen molar-refractivity contribution in [3.8, 4) is 0 Å². The second-order valence-corrected chi connectivity index (χ2v) is 36.7. The summed E-state index contributed by atoms with van der Waals surface area (Å²) in [5, 5.41) is 10.7. The number of phosphoric ester groups is 2. The van der Waals surface area contributed by atoms with Gasteiger partial charge in [-0.1, -0.05) is 446 Å². The first-order chi connectivity index (χ1) is 53.9. The monoisotopic (exact) mass is 1620 g/mol. The molecule has 3 unspecified atom stereocenters. The summed E-state index contributed by atoms with van der Waals surface area (Å²) in [7, 11) is -9.94. The van der Waals surface area contributed by atoms with Gasteiger partial charge in [-0.15, -0.1) is 0 Å². The van der Waals surface area contributed by atoms with Crippen molar-refractivity contribution in [2.45, 2.75) is 516 Å². The van der Waals surface area contributed by atoms with Crippen LogP contribution >= 0.6 is 15.6 Å². The van der Waals surface area contributed by atoms with E-state index in [-0.39, 0.29) is 25.7 Å². The lowest BCUT2D eigenvalue weighted by Crippen LogP contribution is -2.30. The Kier molecular flexibility index (Phi) is 81.7. The standard InChI is InChI=1S/C92H180O17P2/c1-7-10-12-14-16-18-20-22-23-24-28-35-40-46-52-58-64-70-76-91(96)108-87(80-102-89(94)74-68-62-56-50-44-21-19-17-15-13-11-8-2)82-106-110(98,99)104-78-86(93)79-105-111(100,101)107-83-88(81-103-90(95)75-69-63-57-51-45-39-34-31-30-32-37-42-48-54-60-66-72-84(4)5)109-92(97)77-71-65-59-53-47-41-36-29-26-25-27-33-38-43-49-55-61-67-73-85(6)9-3/h84-88,93H,7-83H2,1-6H3,(H,98,99)(H,100,101)/t85?,86-,87+,88+/m0/s1. The van der Waals surface area contributed by atoms with Gasteiger partial charge in [0.25, 0.3) is 0 Å². The maximum atomic E-state index is 13.2. The molecule has 111 heavy (non-hydrogen) atoms. The van der Waals surface area contributed by atoms with E-state index in [1.807, 2.05) is 0 Å². The van der Waals surface area contributed by atoms with Gasteiger partial charge in [-0.05, 0) is 37.5 Å². The highest BCUT2D eigenvalue weighted by atomic mass is 31.2. The second kappa shape index (κ2) is 83.1. The van der Waals surface area contributed by atoms with Crippen LogP contribution in [0.2, 0.25) is 0 Å². The predicted octanol–water partition coefficient (Wildman–Crippen LogP) is 28.6. The molecule has 0 aromatic rings. The molecule has 0 spiro atoms. The number of ether oxygens (including phenoxy) is 4. The molecule has 0 fully saturated rings. The van der Waals surface area contributed by atoms with Crippen LogP contribution in [0, 0.1) is 11.8 Å². The number of aliphatic hydroxyl groups is 1. The molecule has 0 aliphatic rings. The van der Waals surface area contributed by atoms with Crippen molar-refractivity contribution < 1.29 is 80.2 Å². The lowest BCUT2D eigenvalue weighted by atomic mass is 9.99. The van der Waals surface area contributed by atoms with Gasteiger partial charge < -0.3 is 33.8 Å². The Balaban J connectivity index is 5.25. The lowest BCUT2D eigenvalue weighted by molar-refractivity contribution is -0.161. The summed E-state index contributed by atoms with van der Waals surface area (Å²) in [6.45, 7) is 9.81. The molecule has 0 radical (unpaired) electrons. The Morgan fingerprint density at radius 1 is 0.261 bits per heavy atom. The molecule has 0 aromatic carbocycles. The zero-order valence-corrected chi connectivity index (χ0v) is 75.1. The number of hydrogen-bond donors (Lipinski definition) is 3. The molecule has 17 nitrogen and oxygen atoms in total. The zero-order valence-electron chi connectivity index (χ0n) is 73.3. The Morgan fingerprint density at radius 3 is 0.685 bits per heavy atom. The molecule has 3 N–H and O–H groups in total. The summed E-state index contributed by atoms with van der Waals surface area (Å²) in [5.41, 5.74) is 0. The second-order valence-electron chi connectivity index (χ2n) is 33.8. The first-order valence-electron chi connectivity index (χ1n) is 47.5. The largest absolute Gasteiger partial charge is 0.472 e. The van der Waals surface area contributed by atoms with E-state index in [0.717, 1.165) is 102 Å². The van der Waals surface area contributed by atoms with E-state index >= 15 is 0 Å². The molecule has 0 rings (SSSR count). The maximum Gasteiger partial charge on any atom is 0.472 e. The minimum absolute atomic E-state index is 0.109. The number of phosphoric acid groups is 2. The molecule has 19 heteroatoms. The van der Waals surface area contributed by atoms with Crippen LogP contribution < -0.4 is 0 Å². The minimum Gasteiger partial charge on any atom is -0.462 e. The summed E-state index contributed by atoms with van der Waals surface area (Å²) >= 11 is 0. The van der Waals surface area contributed by atoms with E-state index in [1.165, 1.54) is 315 Å². The third kappa shape index (κ3) is 84.3. The molecule has 0 aromatic heterocycles. The van der Waals surface area contributed by atoms with Crippen molar-refractivity contribution in [1.29, 1.82) is 0 Å². The van der Waals surface area contributed by atoms with Crippen LogP contribution in [0.15, 0.2) is 0 Å². The van der Waals surface area contributed by atoms with Crippen molar-refractivity contribution >= 4 is 39.5 Å². The molecular formula is C92H180O17P2. The van der Waals surface area contributed by atoms with Gasteiger partial charge in [0.2, 0.25) is 0 Å². The van der Waals surface area contributed by atoms with E-state index in [1.54, 1.807) is 0 Å². The summed E-state index contributed by atoms with van der Waals surface area (Å²) in [6, 6.07) is 0. The molecule has 0 aliphatic carbocycles. The van der Waals surface area contributed by atoms with Gasteiger partial charge in [0.05, 0.1) is 26.4 Å². The van der Waals surface area contributed by atoms with Gasteiger partial charge in [-0.3, -0.25) is 37.3 Å². The van der Waals surface area contributed by atoms with Gasteiger partial charge in [-0.25, -0.2) is 9.13 Å². The first kappa shape index (κ1) is 109. The highest BCUT2D eigenvalue weighted by Crippen LogP contribution is 2.45. The third-order valence-corrected chi connectivity index (χ3v) is 24.0. The Labute approximate surface area is 683 Å². The van der Waals surface area contributed by atoms with Crippen molar-refractivity contribution in [3.05, 3.63) is 0 Å². The van der Waals surface area contributed by atoms with Crippen LogP contribution in [0.3, 0.4) is 0 Å². The third-order valence-electron chi connectivity index (χ3n) is 22.1. The fourth-order valence-corrected chi connectivity index (χ4v) is 16.0. The molecule has 0 amide bonds. The normalized spacial score (nSPS) is 14.0. The van der Waals surface area contributed by atoms with E-state index < -0.39 is 97.5 Å². The maximum absolute atomic E-state index is 13.2. The lowest BCUT2D eigenvalue weighted by Gasteiger charge is -2.21. The predicted molar refractivity (Wildman–Crippen MR) is 460 cm³/mol. The molecule has 660 valence electrons. The van der Waals surface area contributed by atoms with E-state index in [0.29, 0.717) is 25.7 Å². The van der Waals surface area contributed by atoms with Gasteiger partial charge in [0.15, 0.2) is 12.2 Å². The van der Waals surface area contributed by atoms with Crippen molar-refractivity contribution in [2.75, 3.05) is 39.6 Å². The molecule has 6 atom stereocenters. The van der Waals surface area contributed by atoms with Crippen LogP contribution in [-0.2, 0) is 65.4 Å².